The van der Waals surface area contributed by atoms with Gasteiger partial charge in [0.25, 0.3) is 5.91 Å². The molecule has 0 atom stereocenters. The second-order valence-corrected chi connectivity index (χ2v) is 6.55. The Kier molecular flexibility index (Phi) is 6.29. The van der Waals surface area contributed by atoms with E-state index in [1.165, 1.54) is 0 Å². The Morgan fingerprint density at radius 1 is 1.07 bits per heavy atom. The van der Waals surface area contributed by atoms with Crippen molar-refractivity contribution >= 4 is 17.6 Å². The maximum absolute atomic E-state index is 12.5. The predicted octanol–water partition coefficient (Wildman–Crippen LogP) is 3.35. The minimum absolute atomic E-state index is 0.384. The summed E-state index contributed by atoms with van der Waals surface area (Å²) in [6, 6.07) is 16.8. The van der Waals surface area contributed by atoms with Gasteiger partial charge >= 0.3 is 5.97 Å². The van der Waals surface area contributed by atoms with E-state index in [9.17, 15) is 9.59 Å². The molecule has 0 aliphatic heterocycles. The standard InChI is InChI=1S/C22H23N3O4/c1-15-21(16(2)25(24-15)13-17-8-5-4-6-9-17)22(27)29-14-20(26)23-18-10-7-11-19(12-18)28-3/h4-12H,13-14H2,1-3H3,(H,23,26). The Hall–Kier alpha value is -3.61. The summed E-state index contributed by atoms with van der Waals surface area (Å²) in [5.74, 6) is -0.379. The fourth-order valence-corrected chi connectivity index (χ4v) is 3.00. The molecular formula is C22H23N3O4. The van der Waals surface area contributed by atoms with Crippen LogP contribution in [0.4, 0.5) is 5.69 Å². The third-order valence-electron chi connectivity index (χ3n) is 4.45. The highest BCUT2D eigenvalue weighted by atomic mass is 16.5. The molecule has 1 heterocycles. The molecule has 3 rings (SSSR count). The Bertz CT molecular complexity index is 1010. The first-order chi connectivity index (χ1) is 14.0. The monoisotopic (exact) mass is 393 g/mol. The molecule has 0 radical (unpaired) electrons. The van der Waals surface area contributed by atoms with Gasteiger partial charge in [0.05, 0.1) is 25.0 Å². The summed E-state index contributed by atoms with van der Waals surface area (Å²) >= 11 is 0. The van der Waals surface area contributed by atoms with Crippen LogP contribution in [0.2, 0.25) is 0 Å². The van der Waals surface area contributed by atoms with Crippen molar-refractivity contribution < 1.29 is 19.1 Å². The third-order valence-corrected chi connectivity index (χ3v) is 4.45. The van der Waals surface area contributed by atoms with E-state index < -0.39 is 18.5 Å². The molecule has 29 heavy (non-hydrogen) atoms. The molecule has 2 aromatic carbocycles. The molecule has 1 N–H and O–H groups in total. The number of nitrogens with zero attached hydrogens (tertiary/aromatic N) is 2. The number of methoxy groups -OCH3 is 1. The van der Waals surface area contributed by atoms with Crippen LogP contribution in [-0.2, 0) is 16.1 Å². The molecular weight excluding hydrogens is 370 g/mol. The van der Waals surface area contributed by atoms with Crippen molar-refractivity contribution in [2.45, 2.75) is 20.4 Å². The summed E-state index contributed by atoms with van der Waals surface area (Å²) in [6.45, 7) is 3.73. The minimum Gasteiger partial charge on any atom is -0.497 e. The highest BCUT2D eigenvalue weighted by Crippen LogP contribution is 2.18. The van der Waals surface area contributed by atoms with Crippen LogP contribution in [0.1, 0.15) is 27.3 Å². The number of nitrogens with one attached hydrogen (secondary N) is 1. The van der Waals surface area contributed by atoms with E-state index in [1.54, 1.807) is 43.0 Å². The normalized spacial score (nSPS) is 10.4. The van der Waals surface area contributed by atoms with Crippen molar-refractivity contribution in [1.82, 2.24) is 9.78 Å². The maximum atomic E-state index is 12.5. The number of carbonyl (C=O) groups is 2. The Morgan fingerprint density at radius 2 is 1.83 bits per heavy atom. The van der Waals surface area contributed by atoms with Crippen LogP contribution in [-0.4, -0.2) is 35.4 Å². The number of benzene rings is 2. The minimum atomic E-state index is -0.569. The van der Waals surface area contributed by atoms with Crippen LogP contribution in [0.5, 0.6) is 5.75 Å². The third kappa shape index (κ3) is 5.01. The van der Waals surface area contributed by atoms with Crippen molar-refractivity contribution in [3.8, 4) is 5.75 Å². The summed E-state index contributed by atoms with van der Waals surface area (Å²) in [6.07, 6.45) is 0. The van der Waals surface area contributed by atoms with Crippen molar-refractivity contribution in [3.63, 3.8) is 0 Å². The van der Waals surface area contributed by atoms with Crippen molar-refractivity contribution in [2.24, 2.45) is 0 Å². The van der Waals surface area contributed by atoms with Crippen LogP contribution in [0.25, 0.3) is 0 Å². The zero-order valence-corrected chi connectivity index (χ0v) is 16.6. The average molecular weight is 393 g/mol. The predicted molar refractivity (Wildman–Crippen MR) is 109 cm³/mol. The molecule has 0 spiro atoms. The number of esters is 1. The molecule has 1 aromatic heterocycles. The highest BCUT2D eigenvalue weighted by Gasteiger charge is 2.21. The van der Waals surface area contributed by atoms with Gasteiger partial charge in [-0.3, -0.25) is 9.48 Å². The van der Waals surface area contributed by atoms with Crippen LogP contribution in [0, 0.1) is 13.8 Å². The Labute approximate surface area is 169 Å². The number of aryl methyl sites for hydroxylation is 1. The van der Waals surface area contributed by atoms with Gasteiger partial charge in [-0.25, -0.2) is 4.79 Å². The van der Waals surface area contributed by atoms with Gasteiger partial charge in [-0.2, -0.15) is 5.10 Å². The lowest BCUT2D eigenvalue weighted by molar-refractivity contribution is -0.119. The molecule has 7 heteroatoms. The second-order valence-electron chi connectivity index (χ2n) is 6.55. The van der Waals surface area contributed by atoms with Crippen LogP contribution < -0.4 is 10.1 Å². The SMILES string of the molecule is COc1cccc(NC(=O)COC(=O)c2c(C)nn(Cc3ccccc3)c2C)c1. The number of rotatable bonds is 7. The number of ether oxygens (including phenoxy) is 2. The van der Waals surface area contributed by atoms with E-state index in [0.717, 1.165) is 5.56 Å². The van der Waals surface area contributed by atoms with E-state index >= 15 is 0 Å². The average Bonchev–Trinajstić information content (AvgIpc) is 3.00. The van der Waals surface area contributed by atoms with E-state index in [1.807, 2.05) is 37.3 Å². The van der Waals surface area contributed by atoms with E-state index in [2.05, 4.69) is 10.4 Å². The zero-order valence-electron chi connectivity index (χ0n) is 16.6. The summed E-state index contributed by atoms with van der Waals surface area (Å²) in [5, 5.41) is 7.12. The quantitative estimate of drug-likeness (QED) is 0.623. The lowest BCUT2D eigenvalue weighted by atomic mass is 10.2. The first kappa shape index (κ1) is 20.1. The van der Waals surface area contributed by atoms with Gasteiger partial charge in [0, 0.05) is 11.8 Å². The van der Waals surface area contributed by atoms with Crippen LogP contribution >= 0.6 is 0 Å². The molecule has 0 aliphatic carbocycles. The molecule has 0 saturated heterocycles. The number of hydrogen-bond acceptors (Lipinski definition) is 5. The van der Waals surface area contributed by atoms with Crippen molar-refractivity contribution in [3.05, 3.63) is 77.1 Å². The van der Waals surface area contributed by atoms with E-state index in [0.29, 0.717) is 34.9 Å². The molecule has 3 aromatic rings. The van der Waals surface area contributed by atoms with Crippen LogP contribution in [0.3, 0.4) is 0 Å². The summed E-state index contributed by atoms with van der Waals surface area (Å²) in [7, 11) is 1.55. The molecule has 0 aliphatic rings. The number of amides is 1. The first-order valence-electron chi connectivity index (χ1n) is 9.17. The molecule has 1 amide bonds. The van der Waals surface area contributed by atoms with Gasteiger partial charge in [0.15, 0.2) is 6.61 Å². The molecule has 0 unspecified atom stereocenters. The Morgan fingerprint density at radius 3 is 2.55 bits per heavy atom. The molecule has 0 saturated carbocycles. The van der Waals surface area contributed by atoms with Crippen molar-refractivity contribution in [2.75, 3.05) is 19.0 Å². The maximum Gasteiger partial charge on any atom is 0.342 e. The lowest BCUT2D eigenvalue weighted by Crippen LogP contribution is -2.21. The number of anilines is 1. The van der Waals surface area contributed by atoms with Gasteiger partial charge in [-0.05, 0) is 31.5 Å². The Balaban J connectivity index is 1.62. The molecule has 150 valence electrons. The van der Waals surface area contributed by atoms with Crippen LogP contribution in [0.15, 0.2) is 54.6 Å². The smallest absolute Gasteiger partial charge is 0.342 e. The largest absolute Gasteiger partial charge is 0.497 e. The van der Waals surface area contributed by atoms with Gasteiger partial charge < -0.3 is 14.8 Å². The molecule has 0 fully saturated rings. The number of hydrogen-bond donors (Lipinski definition) is 1. The van der Waals surface area contributed by atoms with Crippen molar-refractivity contribution in [1.29, 1.82) is 0 Å². The summed E-state index contributed by atoms with van der Waals surface area (Å²) < 4.78 is 12.1. The fourth-order valence-electron chi connectivity index (χ4n) is 3.00. The van der Waals surface area contributed by atoms with Gasteiger partial charge in [-0.1, -0.05) is 36.4 Å². The second kappa shape index (κ2) is 9.05. The zero-order chi connectivity index (χ0) is 20.8. The molecule has 7 nitrogen and oxygen atoms in total. The number of aromatic nitrogens is 2. The van der Waals surface area contributed by atoms with E-state index in [-0.39, 0.29) is 0 Å². The van der Waals surface area contributed by atoms with Gasteiger partial charge in [-0.15, -0.1) is 0 Å². The van der Waals surface area contributed by atoms with Gasteiger partial charge in [0.2, 0.25) is 0 Å². The summed E-state index contributed by atoms with van der Waals surface area (Å²) in [5.41, 5.74) is 3.29. The molecule has 0 bridgehead atoms. The van der Waals surface area contributed by atoms with E-state index in [4.69, 9.17) is 9.47 Å². The summed E-state index contributed by atoms with van der Waals surface area (Å²) in [4.78, 5) is 24.6. The first-order valence-corrected chi connectivity index (χ1v) is 9.17. The lowest BCUT2D eigenvalue weighted by Gasteiger charge is -2.08. The topological polar surface area (TPSA) is 82.4 Å². The fraction of sp³-hybridized carbons (Fsp3) is 0.227. The highest BCUT2D eigenvalue weighted by molar-refractivity contribution is 5.96. The van der Waals surface area contributed by atoms with Gasteiger partial charge in [0.1, 0.15) is 11.3 Å². The number of carbonyl (C=O) groups excluding carboxylic acids is 2.